The fourth-order valence-electron chi connectivity index (χ4n) is 2.97. The number of hydrogen-bond donors (Lipinski definition) is 1. The first-order chi connectivity index (χ1) is 8.81. The first-order valence-electron chi connectivity index (χ1n) is 6.55. The Morgan fingerprint density at radius 3 is 3.00 bits per heavy atom. The van der Waals surface area contributed by atoms with Gasteiger partial charge in [-0.15, -0.1) is 0 Å². The minimum atomic E-state index is 0.168. The summed E-state index contributed by atoms with van der Waals surface area (Å²) in [5, 5.41) is 4.46. The van der Waals surface area contributed by atoms with E-state index in [1.807, 2.05) is 26.1 Å². The Balaban J connectivity index is 2.05. The summed E-state index contributed by atoms with van der Waals surface area (Å²) in [6.45, 7) is 3.87. The maximum atomic E-state index is 5.95. The van der Waals surface area contributed by atoms with Gasteiger partial charge in [0, 0.05) is 30.0 Å². The molecule has 1 aromatic carbocycles. The van der Waals surface area contributed by atoms with Crippen molar-refractivity contribution in [3.63, 3.8) is 0 Å². The fourth-order valence-corrected chi connectivity index (χ4v) is 2.97. The fraction of sp³-hybridized carbons (Fsp3) is 0.467. The average molecular weight is 245 g/mol. The molecule has 0 spiro atoms. The number of para-hydroxylation sites is 1. The van der Waals surface area contributed by atoms with Crippen molar-refractivity contribution in [2.24, 2.45) is 5.92 Å². The van der Waals surface area contributed by atoms with Crippen LogP contribution >= 0.6 is 0 Å². The average Bonchev–Trinajstić information content (AvgIpc) is 2.92. The molecule has 0 radical (unpaired) electrons. The van der Waals surface area contributed by atoms with Crippen LogP contribution in [0.15, 0.2) is 28.7 Å². The van der Waals surface area contributed by atoms with Gasteiger partial charge < -0.3 is 14.5 Å². The lowest BCUT2D eigenvalue weighted by atomic mass is 9.93. The van der Waals surface area contributed by atoms with Crippen LogP contribution in [0.1, 0.15) is 23.8 Å². The molecule has 1 N–H and O–H groups in total. The van der Waals surface area contributed by atoms with Gasteiger partial charge in [0.05, 0.1) is 6.10 Å². The number of fused-ring (bicyclic) bond motifs is 1. The van der Waals surface area contributed by atoms with Crippen molar-refractivity contribution in [1.29, 1.82) is 0 Å². The third-order valence-electron chi connectivity index (χ3n) is 3.78. The molecule has 3 nitrogen and oxygen atoms in total. The van der Waals surface area contributed by atoms with Crippen LogP contribution in [0.3, 0.4) is 0 Å². The molecule has 3 rings (SSSR count). The van der Waals surface area contributed by atoms with Gasteiger partial charge >= 0.3 is 0 Å². The zero-order valence-corrected chi connectivity index (χ0v) is 10.9. The Bertz CT molecular complexity index is 546. The van der Waals surface area contributed by atoms with E-state index < -0.39 is 0 Å². The maximum Gasteiger partial charge on any atom is 0.134 e. The van der Waals surface area contributed by atoms with Crippen LogP contribution in [0.25, 0.3) is 11.0 Å². The van der Waals surface area contributed by atoms with Gasteiger partial charge in [0.1, 0.15) is 11.3 Å². The molecule has 96 valence electrons. The number of aryl methyl sites for hydroxylation is 1. The summed E-state index contributed by atoms with van der Waals surface area (Å²) < 4.78 is 11.8. The number of rotatable bonds is 3. The lowest BCUT2D eigenvalue weighted by Gasteiger charge is -2.18. The van der Waals surface area contributed by atoms with Gasteiger partial charge in [-0.3, -0.25) is 0 Å². The van der Waals surface area contributed by atoms with E-state index in [1.165, 1.54) is 10.9 Å². The molecule has 0 bridgehead atoms. The first-order valence-corrected chi connectivity index (χ1v) is 6.55. The lowest BCUT2D eigenvalue weighted by molar-refractivity contribution is 0.0907. The van der Waals surface area contributed by atoms with Gasteiger partial charge in [-0.1, -0.05) is 18.2 Å². The second kappa shape index (κ2) is 4.75. The molecular weight excluding hydrogens is 226 g/mol. The highest BCUT2D eigenvalue weighted by atomic mass is 16.5. The van der Waals surface area contributed by atoms with Crippen molar-refractivity contribution >= 4 is 11.0 Å². The number of nitrogens with one attached hydrogen (secondary N) is 1. The van der Waals surface area contributed by atoms with Crippen LogP contribution < -0.4 is 5.32 Å². The number of hydrogen-bond acceptors (Lipinski definition) is 3. The molecule has 2 unspecified atom stereocenters. The largest absolute Gasteiger partial charge is 0.461 e. The second-order valence-corrected chi connectivity index (χ2v) is 4.97. The zero-order chi connectivity index (χ0) is 12.5. The summed E-state index contributed by atoms with van der Waals surface area (Å²) >= 11 is 0. The van der Waals surface area contributed by atoms with Crippen molar-refractivity contribution < 1.29 is 9.15 Å². The minimum absolute atomic E-state index is 0.168. The molecule has 0 amide bonds. The lowest BCUT2D eigenvalue weighted by Crippen LogP contribution is -2.21. The monoisotopic (exact) mass is 245 g/mol. The molecule has 1 fully saturated rings. The predicted molar refractivity (Wildman–Crippen MR) is 71.7 cm³/mol. The van der Waals surface area contributed by atoms with Crippen molar-refractivity contribution in [2.75, 3.05) is 20.2 Å². The van der Waals surface area contributed by atoms with E-state index in [-0.39, 0.29) is 6.10 Å². The summed E-state index contributed by atoms with van der Waals surface area (Å²) in [5.41, 5.74) is 2.20. The van der Waals surface area contributed by atoms with Crippen LogP contribution in [-0.4, -0.2) is 20.2 Å². The quantitative estimate of drug-likeness (QED) is 0.902. The molecule has 0 aliphatic carbocycles. The summed E-state index contributed by atoms with van der Waals surface area (Å²) in [7, 11) is 2.00. The van der Waals surface area contributed by atoms with E-state index in [0.29, 0.717) is 5.92 Å². The standard InChI is InChI=1S/C15H19NO2/c1-10-14(12-5-3-4-6-13(12)18-10)15-11(9-16-2)7-8-17-15/h3-6,11,15-16H,7-9H2,1-2H3. The highest BCUT2D eigenvalue weighted by molar-refractivity contribution is 5.82. The van der Waals surface area contributed by atoms with Crippen molar-refractivity contribution in [2.45, 2.75) is 19.4 Å². The molecule has 3 heteroatoms. The molecule has 2 atom stereocenters. The molecule has 1 aromatic heterocycles. The molecular formula is C15H19NO2. The Hall–Kier alpha value is -1.32. The van der Waals surface area contributed by atoms with Crippen molar-refractivity contribution in [3.8, 4) is 0 Å². The third kappa shape index (κ3) is 1.84. The number of furan rings is 1. The predicted octanol–water partition coefficient (Wildman–Crippen LogP) is 3.04. The molecule has 2 heterocycles. The summed E-state index contributed by atoms with van der Waals surface area (Å²) in [6.07, 6.45) is 1.28. The van der Waals surface area contributed by atoms with Crippen LogP contribution in [0, 0.1) is 12.8 Å². The van der Waals surface area contributed by atoms with Crippen LogP contribution in [0.4, 0.5) is 0 Å². The molecule has 1 aliphatic rings. The van der Waals surface area contributed by atoms with E-state index in [4.69, 9.17) is 9.15 Å². The summed E-state index contributed by atoms with van der Waals surface area (Å²) in [6, 6.07) is 8.21. The van der Waals surface area contributed by atoms with Crippen LogP contribution in [0.5, 0.6) is 0 Å². The summed E-state index contributed by atoms with van der Waals surface area (Å²) in [4.78, 5) is 0. The van der Waals surface area contributed by atoms with Crippen LogP contribution in [-0.2, 0) is 4.74 Å². The third-order valence-corrected chi connectivity index (χ3v) is 3.78. The SMILES string of the molecule is CNCC1CCOC1c1c(C)oc2ccccc12. The molecule has 1 saturated heterocycles. The molecule has 18 heavy (non-hydrogen) atoms. The van der Waals surface area contributed by atoms with Gasteiger partial charge in [0.2, 0.25) is 0 Å². The smallest absolute Gasteiger partial charge is 0.134 e. The Kier molecular flexibility index (Phi) is 3.10. The van der Waals surface area contributed by atoms with Gasteiger partial charge in [-0.25, -0.2) is 0 Å². The number of benzene rings is 1. The maximum absolute atomic E-state index is 5.95. The minimum Gasteiger partial charge on any atom is -0.461 e. The molecule has 0 saturated carbocycles. The topological polar surface area (TPSA) is 34.4 Å². The second-order valence-electron chi connectivity index (χ2n) is 4.97. The highest BCUT2D eigenvalue weighted by Gasteiger charge is 2.32. The van der Waals surface area contributed by atoms with Gasteiger partial charge in [-0.2, -0.15) is 0 Å². The van der Waals surface area contributed by atoms with Gasteiger partial charge in [0.25, 0.3) is 0 Å². The van der Waals surface area contributed by atoms with E-state index in [9.17, 15) is 0 Å². The van der Waals surface area contributed by atoms with Crippen molar-refractivity contribution in [3.05, 3.63) is 35.6 Å². The Morgan fingerprint density at radius 2 is 2.17 bits per heavy atom. The van der Waals surface area contributed by atoms with E-state index in [2.05, 4.69) is 17.4 Å². The Morgan fingerprint density at radius 1 is 1.33 bits per heavy atom. The van der Waals surface area contributed by atoms with Crippen LogP contribution in [0.2, 0.25) is 0 Å². The normalized spacial score (nSPS) is 23.9. The van der Waals surface area contributed by atoms with E-state index in [1.54, 1.807) is 0 Å². The number of ether oxygens (including phenoxy) is 1. The first kappa shape index (κ1) is 11.8. The Labute approximate surface area is 107 Å². The van der Waals surface area contributed by atoms with Crippen molar-refractivity contribution in [1.82, 2.24) is 5.32 Å². The highest BCUT2D eigenvalue weighted by Crippen LogP contribution is 2.40. The van der Waals surface area contributed by atoms with Gasteiger partial charge in [-0.05, 0) is 26.5 Å². The van der Waals surface area contributed by atoms with E-state index >= 15 is 0 Å². The van der Waals surface area contributed by atoms with E-state index in [0.717, 1.165) is 30.9 Å². The zero-order valence-electron chi connectivity index (χ0n) is 10.9. The molecule has 2 aromatic rings. The van der Waals surface area contributed by atoms with Gasteiger partial charge in [0.15, 0.2) is 0 Å². The summed E-state index contributed by atoms with van der Waals surface area (Å²) in [5.74, 6) is 1.53. The molecule has 1 aliphatic heterocycles.